The van der Waals surface area contributed by atoms with Crippen LogP contribution < -0.4 is 0 Å². The Morgan fingerprint density at radius 3 is 2.23 bits per heavy atom. The first-order chi connectivity index (χ1) is 12.7. The number of amides is 1. The second-order valence-corrected chi connectivity index (χ2v) is 7.24. The highest BCUT2D eigenvalue weighted by atomic mass is 79.9. The van der Waals surface area contributed by atoms with Gasteiger partial charge in [0.2, 0.25) is 5.91 Å². The van der Waals surface area contributed by atoms with Gasteiger partial charge in [-0.2, -0.15) is 0 Å². The van der Waals surface area contributed by atoms with Crippen LogP contribution in [-0.2, 0) is 4.79 Å². The van der Waals surface area contributed by atoms with Gasteiger partial charge in [0.1, 0.15) is 0 Å². The summed E-state index contributed by atoms with van der Waals surface area (Å²) in [6.07, 6.45) is 7.90. The SMILES string of the molecule is O=C(/C=C/c1ccc(Br)cc1)N1CCN(C/C=C/c2ccccc2)CC1. The lowest BCUT2D eigenvalue weighted by molar-refractivity contribution is -0.127. The molecule has 2 aromatic carbocycles. The van der Waals surface area contributed by atoms with E-state index in [1.54, 1.807) is 6.08 Å². The van der Waals surface area contributed by atoms with E-state index in [0.717, 1.165) is 42.8 Å². The van der Waals surface area contributed by atoms with Gasteiger partial charge < -0.3 is 4.90 Å². The zero-order chi connectivity index (χ0) is 18.2. The largest absolute Gasteiger partial charge is 0.337 e. The molecule has 0 aliphatic carbocycles. The van der Waals surface area contributed by atoms with Crippen LogP contribution in [0.1, 0.15) is 11.1 Å². The molecule has 0 spiro atoms. The molecular weight excluding hydrogens is 388 g/mol. The Balaban J connectivity index is 1.43. The summed E-state index contributed by atoms with van der Waals surface area (Å²) >= 11 is 3.42. The number of benzene rings is 2. The predicted molar refractivity (Wildman–Crippen MR) is 112 cm³/mol. The van der Waals surface area contributed by atoms with Gasteiger partial charge in [-0.15, -0.1) is 0 Å². The Morgan fingerprint density at radius 2 is 1.54 bits per heavy atom. The van der Waals surface area contributed by atoms with E-state index in [1.807, 2.05) is 53.4 Å². The van der Waals surface area contributed by atoms with Crippen LogP contribution in [0.15, 0.2) is 71.2 Å². The molecule has 1 heterocycles. The molecule has 26 heavy (non-hydrogen) atoms. The van der Waals surface area contributed by atoms with Gasteiger partial charge in [0.05, 0.1) is 0 Å². The molecule has 3 nitrogen and oxygen atoms in total. The number of carbonyl (C=O) groups is 1. The molecule has 1 amide bonds. The smallest absolute Gasteiger partial charge is 0.246 e. The van der Waals surface area contributed by atoms with Crippen molar-refractivity contribution >= 4 is 34.0 Å². The van der Waals surface area contributed by atoms with Gasteiger partial charge in [0, 0.05) is 43.3 Å². The van der Waals surface area contributed by atoms with Crippen LogP contribution >= 0.6 is 15.9 Å². The highest BCUT2D eigenvalue weighted by molar-refractivity contribution is 9.10. The molecule has 0 unspecified atom stereocenters. The molecule has 1 aliphatic rings. The summed E-state index contributed by atoms with van der Waals surface area (Å²) in [5, 5.41) is 0. The first-order valence-corrected chi connectivity index (χ1v) is 9.66. The van der Waals surface area contributed by atoms with Crippen LogP contribution in [0.3, 0.4) is 0 Å². The second-order valence-electron chi connectivity index (χ2n) is 6.32. The minimum atomic E-state index is 0.0902. The highest BCUT2D eigenvalue weighted by Gasteiger charge is 2.18. The van der Waals surface area contributed by atoms with Crippen LogP contribution in [0.25, 0.3) is 12.2 Å². The van der Waals surface area contributed by atoms with E-state index in [0.29, 0.717) is 0 Å². The fourth-order valence-corrected chi connectivity index (χ4v) is 3.16. The van der Waals surface area contributed by atoms with Gasteiger partial charge in [0.25, 0.3) is 0 Å². The molecule has 4 heteroatoms. The molecule has 0 radical (unpaired) electrons. The van der Waals surface area contributed by atoms with Crippen molar-refractivity contribution in [1.82, 2.24) is 9.80 Å². The average Bonchev–Trinajstić information content (AvgIpc) is 2.69. The Hall–Kier alpha value is -2.17. The van der Waals surface area contributed by atoms with Gasteiger partial charge in [-0.3, -0.25) is 9.69 Å². The summed E-state index contributed by atoms with van der Waals surface area (Å²) in [5.41, 5.74) is 2.26. The number of rotatable bonds is 5. The number of halogens is 1. The van der Waals surface area contributed by atoms with E-state index in [9.17, 15) is 4.79 Å². The third-order valence-electron chi connectivity index (χ3n) is 4.45. The molecule has 2 aromatic rings. The molecule has 0 saturated carbocycles. The zero-order valence-corrected chi connectivity index (χ0v) is 16.3. The minimum Gasteiger partial charge on any atom is -0.337 e. The van der Waals surface area contributed by atoms with E-state index < -0.39 is 0 Å². The monoisotopic (exact) mass is 410 g/mol. The van der Waals surface area contributed by atoms with Crippen molar-refractivity contribution < 1.29 is 4.79 Å². The highest BCUT2D eigenvalue weighted by Crippen LogP contribution is 2.12. The minimum absolute atomic E-state index is 0.0902. The Bertz CT molecular complexity index is 760. The maximum atomic E-state index is 12.3. The van der Waals surface area contributed by atoms with Crippen LogP contribution in [0, 0.1) is 0 Å². The van der Waals surface area contributed by atoms with E-state index >= 15 is 0 Å². The predicted octanol–water partition coefficient (Wildman–Crippen LogP) is 4.32. The third-order valence-corrected chi connectivity index (χ3v) is 4.97. The number of hydrogen-bond acceptors (Lipinski definition) is 2. The fourth-order valence-electron chi connectivity index (χ4n) is 2.90. The van der Waals surface area contributed by atoms with Crippen molar-refractivity contribution in [1.29, 1.82) is 0 Å². The summed E-state index contributed by atoms with van der Waals surface area (Å²) in [6, 6.07) is 18.3. The topological polar surface area (TPSA) is 23.6 Å². The lowest BCUT2D eigenvalue weighted by Gasteiger charge is -2.33. The van der Waals surface area contributed by atoms with E-state index in [2.05, 4.69) is 45.1 Å². The molecular formula is C22H23BrN2O. The first-order valence-electron chi connectivity index (χ1n) is 8.87. The van der Waals surface area contributed by atoms with E-state index in [1.165, 1.54) is 5.56 Å². The van der Waals surface area contributed by atoms with E-state index in [4.69, 9.17) is 0 Å². The number of nitrogens with zero attached hydrogens (tertiary/aromatic N) is 2. The Labute approximate surface area is 163 Å². The van der Waals surface area contributed by atoms with Crippen molar-refractivity contribution in [3.05, 3.63) is 82.3 Å². The van der Waals surface area contributed by atoms with Crippen LogP contribution in [0.4, 0.5) is 0 Å². The summed E-state index contributed by atoms with van der Waals surface area (Å²) in [4.78, 5) is 16.6. The Kier molecular flexibility index (Phi) is 6.81. The molecule has 1 aliphatic heterocycles. The number of hydrogen-bond donors (Lipinski definition) is 0. The quantitative estimate of drug-likeness (QED) is 0.685. The molecule has 1 saturated heterocycles. The van der Waals surface area contributed by atoms with E-state index in [-0.39, 0.29) is 5.91 Å². The number of carbonyl (C=O) groups excluding carboxylic acids is 1. The average molecular weight is 411 g/mol. The van der Waals surface area contributed by atoms with Crippen molar-refractivity contribution in [3.8, 4) is 0 Å². The molecule has 0 N–H and O–H groups in total. The lowest BCUT2D eigenvalue weighted by Crippen LogP contribution is -2.48. The van der Waals surface area contributed by atoms with Gasteiger partial charge in [0.15, 0.2) is 0 Å². The number of piperazine rings is 1. The van der Waals surface area contributed by atoms with Gasteiger partial charge in [-0.1, -0.05) is 70.5 Å². The van der Waals surface area contributed by atoms with Crippen LogP contribution in [-0.4, -0.2) is 48.4 Å². The fraction of sp³-hybridized carbons (Fsp3) is 0.227. The van der Waals surface area contributed by atoms with Gasteiger partial charge >= 0.3 is 0 Å². The van der Waals surface area contributed by atoms with Crippen molar-refractivity contribution in [3.63, 3.8) is 0 Å². The molecule has 1 fully saturated rings. The third kappa shape index (κ3) is 5.68. The van der Waals surface area contributed by atoms with Crippen molar-refractivity contribution in [2.75, 3.05) is 32.7 Å². The normalized spacial score (nSPS) is 15.8. The summed E-state index contributed by atoms with van der Waals surface area (Å²) < 4.78 is 1.04. The summed E-state index contributed by atoms with van der Waals surface area (Å²) in [6.45, 7) is 4.31. The van der Waals surface area contributed by atoms with Crippen LogP contribution in [0.5, 0.6) is 0 Å². The first kappa shape index (κ1) is 18.6. The summed E-state index contributed by atoms with van der Waals surface area (Å²) in [7, 11) is 0. The van der Waals surface area contributed by atoms with Gasteiger partial charge in [-0.05, 0) is 29.3 Å². The molecule has 0 aromatic heterocycles. The lowest BCUT2D eigenvalue weighted by atomic mass is 10.2. The maximum absolute atomic E-state index is 12.3. The van der Waals surface area contributed by atoms with Crippen molar-refractivity contribution in [2.24, 2.45) is 0 Å². The maximum Gasteiger partial charge on any atom is 0.246 e. The molecule has 0 atom stereocenters. The van der Waals surface area contributed by atoms with Gasteiger partial charge in [-0.25, -0.2) is 0 Å². The molecule has 3 rings (SSSR count). The zero-order valence-electron chi connectivity index (χ0n) is 14.7. The standard InChI is InChI=1S/C22H23BrN2O/c23-21-11-8-20(9-12-21)10-13-22(26)25-17-15-24(16-18-25)14-4-7-19-5-2-1-3-6-19/h1-13H,14-18H2/b7-4+,13-10+. The van der Waals surface area contributed by atoms with Crippen LogP contribution in [0.2, 0.25) is 0 Å². The Morgan fingerprint density at radius 1 is 0.885 bits per heavy atom. The second kappa shape index (κ2) is 9.51. The molecule has 0 bridgehead atoms. The van der Waals surface area contributed by atoms with Crippen molar-refractivity contribution in [2.45, 2.75) is 0 Å². The molecule has 134 valence electrons. The summed E-state index contributed by atoms with van der Waals surface area (Å²) in [5.74, 6) is 0.0902.